The highest BCUT2D eigenvalue weighted by Crippen LogP contribution is 2.21. The topological polar surface area (TPSA) is 74.6 Å². The number of Topliss-reactive ketones (excluding diaryl/α,β-unsaturated/α-hetero) is 1. The second-order valence-electron chi connectivity index (χ2n) is 4.46. The Bertz CT molecular complexity index is 223. The Morgan fingerprint density at radius 3 is 2.07 bits per heavy atom. The van der Waals surface area contributed by atoms with Gasteiger partial charge in [0.25, 0.3) is 0 Å². The van der Waals surface area contributed by atoms with Gasteiger partial charge in [-0.2, -0.15) is 0 Å². The van der Waals surface area contributed by atoms with Crippen molar-refractivity contribution in [1.29, 1.82) is 0 Å². The maximum Gasteiger partial charge on any atom is 0.305 e. The lowest BCUT2D eigenvalue weighted by Gasteiger charge is -2.22. The van der Waals surface area contributed by atoms with Gasteiger partial charge in [-0.1, -0.05) is 13.8 Å². The number of aliphatic hydroxyl groups is 1. The van der Waals surface area contributed by atoms with Crippen molar-refractivity contribution in [2.24, 2.45) is 11.8 Å². The van der Waals surface area contributed by atoms with Gasteiger partial charge in [0.1, 0.15) is 5.78 Å². The number of carbonyl (C=O) groups is 2. The molecule has 4 heteroatoms. The van der Waals surface area contributed by atoms with Crippen molar-refractivity contribution < 1.29 is 19.8 Å². The fourth-order valence-corrected chi connectivity index (χ4v) is 1.70. The third-order valence-electron chi connectivity index (χ3n) is 2.25. The quantitative estimate of drug-likeness (QED) is 0.675. The summed E-state index contributed by atoms with van der Waals surface area (Å²) in [5.74, 6) is -0.929. The number of carboxylic acid groups (broad SMARTS) is 1. The summed E-state index contributed by atoms with van der Waals surface area (Å²) < 4.78 is 0. The molecular weight excluding hydrogens is 196 g/mol. The molecule has 0 saturated heterocycles. The van der Waals surface area contributed by atoms with Crippen molar-refractivity contribution in [3.63, 3.8) is 0 Å². The minimum absolute atomic E-state index is 0.00918. The zero-order valence-corrected chi connectivity index (χ0v) is 9.56. The van der Waals surface area contributed by atoms with Crippen LogP contribution in [0.5, 0.6) is 0 Å². The lowest BCUT2D eigenvalue weighted by Crippen LogP contribution is -2.26. The summed E-state index contributed by atoms with van der Waals surface area (Å²) in [4.78, 5) is 21.4. The summed E-state index contributed by atoms with van der Waals surface area (Å²) in [7, 11) is 0. The number of aliphatic carboxylic acids is 1. The van der Waals surface area contributed by atoms with Gasteiger partial charge in [-0.15, -0.1) is 0 Å². The van der Waals surface area contributed by atoms with Gasteiger partial charge in [0.2, 0.25) is 0 Å². The Hall–Kier alpha value is -0.900. The Kier molecular flexibility index (Phi) is 6.17. The Morgan fingerprint density at radius 2 is 1.73 bits per heavy atom. The third kappa shape index (κ3) is 7.08. The molecule has 0 aromatic rings. The van der Waals surface area contributed by atoms with Crippen molar-refractivity contribution in [2.75, 3.05) is 0 Å². The van der Waals surface area contributed by atoms with E-state index in [0.717, 1.165) is 0 Å². The van der Waals surface area contributed by atoms with Gasteiger partial charge in [0.15, 0.2) is 0 Å². The molecule has 0 aliphatic carbocycles. The van der Waals surface area contributed by atoms with Gasteiger partial charge in [0.05, 0.1) is 12.5 Å². The average molecular weight is 216 g/mol. The number of carboxylic acids is 1. The fraction of sp³-hybridized carbons (Fsp3) is 0.818. The number of hydrogen-bond acceptors (Lipinski definition) is 3. The molecule has 0 fully saturated rings. The Balaban J connectivity index is 4.32. The molecule has 0 aromatic heterocycles. The minimum Gasteiger partial charge on any atom is -0.481 e. The van der Waals surface area contributed by atoms with E-state index in [9.17, 15) is 14.7 Å². The molecule has 0 unspecified atom stereocenters. The molecule has 0 aromatic carbocycles. The van der Waals surface area contributed by atoms with Crippen molar-refractivity contribution >= 4 is 11.8 Å². The summed E-state index contributed by atoms with van der Waals surface area (Å²) >= 11 is 0. The molecule has 2 atom stereocenters. The first-order chi connectivity index (χ1) is 6.82. The van der Waals surface area contributed by atoms with E-state index in [1.54, 1.807) is 0 Å². The fourth-order valence-electron chi connectivity index (χ4n) is 1.70. The van der Waals surface area contributed by atoms with E-state index >= 15 is 0 Å². The minimum atomic E-state index is -1.03. The summed E-state index contributed by atoms with van der Waals surface area (Å²) in [5.41, 5.74) is 0. The van der Waals surface area contributed by atoms with E-state index in [0.29, 0.717) is 12.3 Å². The normalized spacial score (nSPS) is 15.0. The van der Waals surface area contributed by atoms with Crippen molar-refractivity contribution in [2.45, 2.75) is 46.1 Å². The molecule has 0 radical (unpaired) electrons. The maximum absolute atomic E-state index is 11.0. The number of ketones is 1. The van der Waals surface area contributed by atoms with Crippen LogP contribution in [0.3, 0.4) is 0 Å². The zero-order valence-electron chi connectivity index (χ0n) is 9.56. The van der Waals surface area contributed by atoms with Crippen LogP contribution < -0.4 is 0 Å². The molecule has 0 saturated carbocycles. The monoisotopic (exact) mass is 216 g/mol. The van der Waals surface area contributed by atoms with E-state index in [2.05, 4.69) is 0 Å². The summed E-state index contributed by atoms with van der Waals surface area (Å²) in [6, 6.07) is 0. The predicted octanol–water partition coefficient (Wildman–Crippen LogP) is 1.46. The Labute approximate surface area is 90.3 Å². The van der Waals surface area contributed by atoms with Crippen LogP contribution >= 0.6 is 0 Å². The SMILES string of the molecule is CC(=O)C[C@@H](CC(C)C)[C@@H](O)CC(=O)O. The van der Waals surface area contributed by atoms with Gasteiger partial charge in [-0.3, -0.25) is 4.79 Å². The second kappa shape index (κ2) is 6.56. The number of carbonyl (C=O) groups excluding carboxylic acids is 1. The summed E-state index contributed by atoms with van der Waals surface area (Å²) in [6.45, 7) is 5.43. The molecule has 0 amide bonds. The highest BCUT2D eigenvalue weighted by Gasteiger charge is 2.23. The molecule has 0 rings (SSSR count). The smallest absolute Gasteiger partial charge is 0.305 e. The molecule has 2 N–H and O–H groups in total. The van der Waals surface area contributed by atoms with Crippen LogP contribution in [-0.2, 0) is 9.59 Å². The third-order valence-corrected chi connectivity index (χ3v) is 2.25. The van der Waals surface area contributed by atoms with Crippen LogP contribution in [-0.4, -0.2) is 28.1 Å². The molecule has 88 valence electrons. The first-order valence-corrected chi connectivity index (χ1v) is 5.22. The standard InChI is InChI=1S/C11H20O4/c1-7(2)4-9(5-8(3)12)10(13)6-11(14)15/h7,9-10,13H,4-6H2,1-3H3,(H,14,15)/t9-,10+/m1/s1. The van der Waals surface area contributed by atoms with E-state index in [4.69, 9.17) is 5.11 Å². The molecular formula is C11H20O4. The van der Waals surface area contributed by atoms with Gasteiger partial charge >= 0.3 is 5.97 Å². The largest absolute Gasteiger partial charge is 0.481 e. The predicted molar refractivity (Wildman–Crippen MR) is 56.5 cm³/mol. The van der Waals surface area contributed by atoms with Crippen molar-refractivity contribution in [1.82, 2.24) is 0 Å². The van der Waals surface area contributed by atoms with Crippen LogP contribution in [0.4, 0.5) is 0 Å². The van der Waals surface area contributed by atoms with Gasteiger partial charge < -0.3 is 15.0 Å². The lowest BCUT2D eigenvalue weighted by molar-refractivity contribution is -0.140. The molecule has 0 heterocycles. The zero-order chi connectivity index (χ0) is 12.0. The Morgan fingerprint density at radius 1 is 1.20 bits per heavy atom. The van der Waals surface area contributed by atoms with Crippen LogP contribution in [0.25, 0.3) is 0 Å². The van der Waals surface area contributed by atoms with Crippen molar-refractivity contribution in [3.05, 3.63) is 0 Å². The number of rotatable bonds is 7. The number of aliphatic hydroxyl groups excluding tert-OH is 1. The van der Waals surface area contributed by atoms with Gasteiger partial charge in [-0.25, -0.2) is 0 Å². The first-order valence-electron chi connectivity index (χ1n) is 5.22. The second-order valence-corrected chi connectivity index (χ2v) is 4.46. The number of hydrogen-bond donors (Lipinski definition) is 2. The molecule has 0 aliphatic rings. The highest BCUT2D eigenvalue weighted by molar-refractivity contribution is 5.76. The van der Waals surface area contributed by atoms with Gasteiger partial charge in [-0.05, 0) is 25.2 Å². The summed E-state index contributed by atoms with van der Waals surface area (Å²) in [5, 5.41) is 18.2. The first kappa shape index (κ1) is 14.1. The van der Waals surface area contributed by atoms with Gasteiger partial charge in [0, 0.05) is 6.42 Å². The lowest BCUT2D eigenvalue weighted by atomic mass is 9.87. The van der Waals surface area contributed by atoms with E-state index in [-0.39, 0.29) is 24.5 Å². The summed E-state index contributed by atoms with van der Waals surface area (Å²) in [6.07, 6.45) is -0.278. The molecule has 15 heavy (non-hydrogen) atoms. The van der Waals surface area contributed by atoms with E-state index < -0.39 is 12.1 Å². The average Bonchev–Trinajstić information content (AvgIpc) is 1.99. The van der Waals surface area contributed by atoms with Crippen LogP contribution in [0.1, 0.15) is 40.0 Å². The molecule has 0 bridgehead atoms. The molecule has 0 aliphatic heterocycles. The van der Waals surface area contributed by atoms with E-state index in [1.165, 1.54) is 6.92 Å². The van der Waals surface area contributed by atoms with Crippen LogP contribution in [0.2, 0.25) is 0 Å². The molecule has 4 nitrogen and oxygen atoms in total. The highest BCUT2D eigenvalue weighted by atomic mass is 16.4. The van der Waals surface area contributed by atoms with Crippen molar-refractivity contribution in [3.8, 4) is 0 Å². The maximum atomic E-state index is 11.0. The van der Waals surface area contributed by atoms with Crippen LogP contribution in [0.15, 0.2) is 0 Å². The molecule has 0 spiro atoms. The van der Waals surface area contributed by atoms with Crippen LogP contribution in [0, 0.1) is 11.8 Å². The van der Waals surface area contributed by atoms with E-state index in [1.807, 2.05) is 13.8 Å².